The van der Waals surface area contributed by atoms with Gasteiger partial charge in [0.05, 0.1) is 19.9 Å². The highest BCUT2D eigenvalue weighted by Gasteiger charge is 2.41. The Labute approximate surface area is 205 Å². The molecule has 4 aromatic rings. The Morgan fingerprint density at radius 2 is 1.86 bits per heavy atom. The van der Waals surface area contributed by atoms with Gasteiger partial charge >= 0.3 is 0 Å². The van der Waals surface area contributed by atoms with Crippen LogP contribution in [-0.4, -0.2) is 29.0 Å². The van der Waals surface area contributed by atoms with Crippen LogP contribution in [0.3, 0.4) is 0 Å². The van der Waals surface area contributed by atoms with Crippen molar-refractivity contribution in [3.63, 3.8) is 0 Å². The van der Waals surface area contributed by atoms with E-state index in [9.17, 15) is 4.39 Å². The molecule has 3 aromatic carbocycles. The zero-order valence-corrected chi connectivity index (χ0v) is 19.6. The highest BCUT2D eigenvalue weighted by atomic mass is 35.5. The molecule has 0 unspecified atom stereocenters. The minimum atomic E-state index is -0.600. The Hall–Kier alpha value is -4.04. The average Bonchev–Trinajstić information content (AvgIpc) is 3.35. The summed E-state index contributed by atoms with van der Waals surface area (Å²) in [4.78, 5) is 4.42. The van der Waals surface area contributed by atoms with E-state index in [1.807, 2.05) is 36.4 Å². The van der Waals surface area contributed by atoms with Crippen molar-refractivity contribution >= 4 is 23.2 Å². The first kappa shape index (κ1) is 21.5. The Morgan fingerprint density at radius 1 is 1.00 bits per heavy atom. The number of nitrogens with one attached hydrogen (secondary N) is 1. The second-order valence-electron chi connectivity index (χ2n) is 8.19. The lowest BCUT2D eigenvalue weighted by molar-refractivity contribution is 0.222. The summed E-state index contributed by atoms with van der Waals surface area (Å²) < 4.78 is 33.6. The van der Waals surface area contributed by atoms with Crippen LogP contribution in [0.5, 0.6) is 17.2 Å². The van der Waals surface area contributed by atoms with E-state index in [2.05, 4.69) is 15.4 Å². The van der Waals surface area contributed by atoms with Gasteiger partial charge in [-0.15, -0.1) is 0 Å². The third kappa shape index (κ3) is 3.49. The fourth-order valence-electron chi connectivity index (χ4n) is 4.73. The number of halogens is 2. The van der Waals surface area contributed by atoms with Gasteiger partial charge in [0.2, 0.25) is 5.95 Å². The van der Waals surface area contributed by atoms with Crippen molar-refractivity contribution in [2.45, 2.75) is 12.1 Å². The number of ether oxygens (including phenoxy) is 3. The van der Waals surface area contributed by atoms with Gasteiger partial charge in [-0.2, -0.15) is 10.1 Å². The molecule has 176 valence electrons. The van der Waals surface area contributed by atoms with Crippen molar-refractivity contribution in [3.05, 3.63) is 100 Å². The van der Waals surface area contributed by atoms with Crippen molar-refractivity contribution in [2.24, 2.45) is 0 Å². The van der Waals surface area contributed by atoms with E-state index >= 15 is 0 Å². The maximum absolute atomic E-state index is 14.3. The molecule has 0 aliphatic carbocycles. The maximum Gasteiger partial charge on any atom is 0.226 e. The van der Waals surface area contributed by atoms with Crippen LogP contribution in [0.1, 0.15) is 28.8 Å². The summed E-state index contributed by atoms with van der Waals surface area (Å²) in [7, 11) is 3.18. The smallest absolute Gasteiger partial charge is 0.226 e. The molecule has 7 nitrogen and oxygen atoms in total. The van der Waals surface area contributed by atoms with Gasteiger partial charge in [0.25, 0.3) is 0 Å². The molecular formula is C26H20ClFN4O3. The highest BCUT2D eigenvalue weighted by Crippen LogP contribution is 2.51. The number of benzene rings is 3. The maximum atomic E-state index is 14.3. The van der Waals surface area contributed by atoms with Crippen LogP contribution in [0.15, 0.2) is 72.6 Å². The number of methoxy groups -OCH3 is 2. The van der Waals surface area contributed by atoms with Gasteiger partial charge in [-0.25, -0.2) is 9.07 Å². The van der Waals surface area contributed by atoms with Crippen LogP contribution in [0.4, 0.5) is 10.3 Å². The number of aromatic nitrogens is 3. The fourth-order valence-corrected chi connectivity index (χ4v) is 4.90. The molecule has 0 fully saturated rings. The lowest BCUT2D eigenvalue weighted by Gasteiger charge is -2.39. The highest BCUT2D eigenvalue weighted by molar-refractivity contribution is 6.30. The van der Waals surface area contributed by atoms with Crippen LogP contribution in [-0.2, 0) is 0 Å². The molecule has 0 saturated carbocycles. The number of nitrogens with zero attached hydrogens (tertiary/aromatic N) is 3. The van der Waals surface area contributed by atoms with Gasteiger partial charge < -0.3 is 19.5 Å². The van der Waals surface area contributed by atoms with E-state index in [-0.39, 0.29) is 5.82 Å². The summed E-state index contributed by atoms with van der Waals surface area (Å²) in [6, 6.07) is 17.1. The SMILES string of the molecule is COc1ccc([C@H]2C3=C(Nc4ncnn42)c2cc(Cl)ccc2O[C@H]3c2cccc(F)c2)cc1OC. The van der Waals surface area contributed by atoms with Gasteiger partial charge in [0.15, 0.2) is 11.5 Å². The number of rotatable bonds is 4. The molecule has 2 aliphatic heterocycles. The summed E-state index contributed by atoms with van der Waals surface area (Å²) in [6.45, 7) is 0. The van der Waals surface area contributed by atoms with E-state index in [0.717, 1.165) is 22.4 Å². The largest absolute Gasteiger partial charge is 0.493 e. The van der Waals surface area contributed by atoms with Gasteiger partial charge in [0, 0.05) is 16.2 Å². The van der Waals surface area contributed by atoms with Crippen LogP contribution in [0.25, 0.3) is 5.70 Å². The summed E-state index contributed by atoms with van der Waals surface area (Å²) in [5.74, 6) is 2.04. The first-order chi connectivity index (χ1) is 17.1. The van der Waals surface area contributed by atoms with E-state index in [4.69, 9.17) is 25.8 Å². The zero-order valence-electron chi connectivity index (χ0n) is 18.8. The molecule has 3 heterocycles. The summed E-state index contributed by atoms with van der Waals surface area (Å²) >= 11 is 6.37. The molecule has 0 radical (unpaired) electrons. The number of fused-ring (bicyclic) bond motifs is 3. The van der Waals surface area contributed by atoms with Crippen LogP contribution in [0.2, 0.25) is 5.02 Å². The van der Waals surface area contributed by atoms with Crippen molar-refractivity contribution in [1.82, 2.24) is 14.8 Å². The van der Waals surface area contributed by atoms with Gasteiger partial charge in [-0.1, -0.05) is 29.8 Å². The molecule has 1 N–H and O–H groups in total. The first-order valence-electron chi connectivity index (χ1n) is 10.9. The van der Waals surface area contributed by atoms with E-state index < -0.39 is 12.1 Å². The Morgan fingerprint density at radius 3 is 2.66 bits per heavy atom. The third-order valence-corrected chi connectivity index (χ3v) is 6.49. The standard InChI is InChI=1S/C26H20ClFN4O3/c1-33-20-8-6-14(11-21(20)34-2)24-22-23(31-26-29-13-30-32(24)26)18-12-16(27)7-9-19(18)35-25(22)15-4-3-5-17(28)10-15/h3-13,24-25H,1-2H3,(H,29,30,31)/t24-,25-/m0/s1. The third-order valence-electron chi connectivity index (χ3n) is 6.25. The minimum absolute atomic E-state index is 0.344. The zero-order chi connectivity index (χ0) is 24.1. The summed E-state index contributed by atoms with van der Waals surface area (Å²) in [5.41, 5.74) is 3.98. The lowest BCUT2D eigenvalue weighted by Crippen LogP contribution is -2.32. The molecule has 6 rings (SSSR count). The molecule has 9 heteroatoms. The average molecular weight is 491 g/mol. The van der Waals surface area contributed by atoms with E-state index in [0.29, 0.717) is 33.8 Å². The Bertz CT molecular complexity index is 1490. The van der Waals surface area contributed by atoms with Gasteiger partial charge in [0.1, 0.15) is 30.0 Å². The minimum Gasteiger partial charge on any atom is -0.493 e. The monoisotopic (exact) mass is 490 g/mol. The van der Waals surface area contributed by atoms with E-state index in [1.54, 1.807) is 31.0 Å². The predicted molar refractivity (Wildman–Crippen MR) is 129 cm³/mol. The van der Waals surface area contributed by atoms with Crippen molar-refractivity contribution in [1.29, 1.82) is 0 Å². The Kier molecular flexibility index (Phi) is 5.11. The van der Waals surface area contributed by atoms with Crippen molar-refractivity contribution in [3.8, 4) is 17.2 Å². The molecular weight excluding hydrogens is 471 g/mol. The Balaban J connectivity index is 1.63. The van der Waals surface area contributed by atoms with Crippen LogP contribution < -0.4 is 19.5 Å². The molecule has 2 aliphatic rings. The molecule has 0 spiro atoms. The predicted octanol–water partition coefficient (Wildman–Crippen LogP) is 5.65. The van der Waals surface area contributed by atoms with E-state index in [1.165, 1.54) is 18.5 Å². The normalized spacial score (nSPS) is 18.1. The number of hydrogen-bond donors (Lipinski definition) is 1. The summed E-state index contributed by atoms with van der Waals surface area (Å²) in [6.07, 6.45) is 0.892. The van der Waals surface area contributed by atoms with Gasteiger partial charge in [-0.05, 0) is 53.6 Å². The van der Waals surface area contributed by atoms with Crippen LogP contribution >= 0.6 is 11.6 Å². The quantitative estimate of drug-likeness (QED) is 0.399. The lowest BCUT2D eigenvalue weighted by atomic mass is 9.84. The first-order valence-corrected chi connectivity index (χ1v) is 11.3. The van der Waals surface area contributed by atoms with Crippen molar-refractivity contribution in [2.75, 3.05) is 19.5 Å². The van der Waals surface area contributed by atoms with Gasteiger partial charge in [-0.3, -0.25) is 0 Å². The van der Waals surface area contributed by atoms with Crippen LogP contribution in [0, 0.1) is 5.82 Å². The molecule has 1 aromatic heterocycles. The molecule has 0 bridgehead atoms. The number of anilines is 1. The second-order valence-corrected chi connectivity index (χ2v) is 8.63. The second kappa shape index (κ2) is 8.32. The molecule has 0 amide bonds. The summed E-state index contributed by atoms with van der Waals surface area (Å²) in [5, 5.41) is 8.48. The number of hydrogen-bond acceptors (Lipinski definition) is 6. The van der Waals surface area contributed by atoms with Crippen molar-refractivity contribution < 1.29 is 18.6 Å². The topological polar surface area (TPSA) is 70.4 Å². The molecule has 0 saturated heterocycles. The molecule has 35 heavy (non-hydrogen) atoms. The molecule has 2 atom stereocenters. The fraction of sp³-hybridized carbons (Fsp3) is 0.154.